The van der Waals surface area contributed by atoms with Gasteiger partial charge >= 0.3 is 0 Å². The van der Waals surface area contributed by atoms with Gasteiger partial charge in [0.05, 0.1) is 44.8 Å². The molecule has 8 rings (SSSR count). The summed E-state index contributed by atoms with van der Waals surface area (Å²) in [5, 5.41) is 0. The molecule has 0 aliphatic heterocycles. The number of oxazole rings is 1. The van der Waals surface area contributed by atoms with Crippen molar-refractivity contribution < 1.29 is 4.42 Å². The molecule has 9 heteroatoms. The smallest absolute Gasteiger partial charge is 0.182 e. The lowest BCUT2D eigenvalue weighted by atomic mass is 10.0. The fourth-order valence-corrected chi connectivity index (χ4v) is 7.76. The van der Waals surface area contributed by atoms with Gasteiger partial charge in [-0.05, 0) is 150 Å². The molecule has 4 aromatic carbocycles. The first kappa shape index (κ1) is 35.8. The lowest BCUT2D eigenvalue weighted by Gasteiger charge is -2.05. The third kappa shape index (κ3) is 7.14. The zero-order valence-electron chi connectivity index (χ0n) is 30.9. The molecule has 8 aromatic rings. The van der Waals surface area contributed by atoms with Gasteiger partial charge < -0.3 is 8.98 Å². The van der Waals surface area contributed by atoms with E-state index in [-0.39, 0.29) is 0 Å². The number of nitrogens with zero attached hydrogens (tertiary/aromatic N) is 6. The molecule has 254 valence electrons. The lowest BCUT2D eigenvalue weighted by molar-refractivity contribution is 0.599. The number of rotatable bonds is 0. The minimum Gasteiger partial charge on any atom is -0.443 e. The van der Waals surface area contributed by atoms with Crippen LogP contribution < -0.4 is 0 Å². The summed E-state index contributed by atoms with van der Waals surface area (Å²) in [6.45, 7) is 25.3. The third-order valence-electron chi connectivity index (χ3n) is 9.54. The second kappa shape index (κ2) is 14.6. The molecule has 0 aliphatic rings. The molecule has 0 spiro atoms. The molecule has 0 fully saturated rings. The molecule has 0 radical (unpaired) electrons. The predicted octanol–water partition coefficient (Wildman–Crippen LogP) is 11.1. The van der Waals surface area contributed by atoms with Crippen molar-refractivity contribution in [3.05, 3.63) is 109 Å². The number of hydrogen-bond donors (Lipinski definition) is 0. The number of aryl methyl sites for hydroxylation is 13. The number of fused-ring (bicyclic) bond motifs is 4. The van der Waals surface area contributed by atoms with E-state index in [1.54, 1.807) is 11.3 Å². The predicted molar refractivity (Wildman–Crippen MR) is 209 cm³/mol. The van der Waals surface area contributed by atoms with Gasteiger partial charge in [-0.1, -0.05) is 24.3 Å². The highest BCUT2D eigenvalue weighted by atomic mass is 32.1. The topological polar surface area (TPSA) is 82.5 Å². The minimum atomic E-state index is 0.924. The van der Waals surface area contributed by atoms with E-state index in [9.17, 15) is 0 Å². The molecular weight excluding hydrogens is 645 g/mol. The van der Waals surface area contributed by atoms with E-state index >= 15 is 0 Å². The number of aromatic nitrogens is 6. The summed E-state index contributed by atoms with van der Waals surface area (Å²) >= 11 is 3.02. The lowest BCUT2D eigenvalue weighted by Crippen LogP contribution is -1.91. The molecule has 0 N–H and O–H groups in total. The van der Waals surface area contributed by atoms with Gasteiger partial charge in [0.2, 0.25) is 0 Å². The summed E-state index contributed by atoms with van der Waals surface area (Å²) in [4.78, 5) is 12.9. The highest BCUT2D eigenvalue weighted by Crippen LogP contribution is 2.28. The van der Waals surface area contributed by atoms with Crippen LogP contribution in [0.3, 0.4) is 0 Å². The Labute approximate surface area is 297 Å². The molecule has 0 bridgehead atoms. The SMILES string of the molecule is Cc1cc(C)c2ncn(C)c2c1C.Cc1cc(C)c2ncoc2c1C.Cc1cc(C)c2ncsc2c1C.Cc1cc(C)c2nsnc2c1C. The minimum absolute atomic E-state index is 0.924. The van der Waals surface area contributed by atoms with E-state index in [1.165, 1.54) is 101 Å². The third-order valence-corrected chi connectivity index (χ3v) is 11.0. The zero-order chi connectivity index (χ0) is 35.7. The molecule has 4 heterocycles. The monoisotopic (exact) mass is 690 g/mol. The molecule has 0 amide bonds. The van der Waals surface area contributed by atoms with Gasteiger partial charge in [0, 0.05) is 7.05 Å². The van der Waals surface area contributed by atoms with Crippen molar-refractivity contribution >= 4 is 66.4 Å². The molecule has 0 saturated heterocycles. The van der Waals surface area contributed by atoms with Crippen molar-refractivity contribution in [1.29, 1.82) is 0 Å². The molecule has 4 aromatic heterocycles. The molecule has 0 atom stereocenters. The van der Waals surface area contributed by atoms with Gasteiger partial charge in [-0.3, -0.25) is 0 Å². The van der Waals surface area contributed by atoms with Crippen molar-refractivity contribution in [1.82, 2.24) is 28.3 Å². The molecule has 0 aliphatic carbocycles. The van der Waals surface area contributed by atoms with Gasteiger partial charge in [0.1, 0.15) is 16.6 Å². The van der Waals surface area contributed by atoms with Crippen LogP contribution in [0.4, 0.5) is 0 Å². The maximum absolute atomic E-state index is 5.30. The maximum atomic E-state index is 5.30. The van der Waals surface area contributed by atoms with Crippen LogP contribution in [0.5, 0.6) is 0 Å². The van der Waals surface area contributed by atoms with Crippen molar-refractivity contribution in [2.24, 2.45) is 7.05 Å². The Kier molecular flexibility index (Phi) is 10.6. The summed E-state index contributed by atoms with van der Waals surface area (Å²) in [5.41, 5.74) is 24.9. The van der Waals surface area contributed by atoms with Crippen LogP contribution in [0, 0.1) is 83.1 Å². The van der Waals surface area contributed by atoms with Gasteiger partial charge in [-0.2, -0.15) is 8.75 Å². The Bertz CT molecular complexity index is 2240. The van der Waals surface area contributed by atoms with Crippen LogP contribution in [0.25, 0.3) is 43.4 Å². The van der Waals surface area contributed by atoms with Gasteiger partial charge in [-0.25, -0.2) is 15.0 Å². The van der Waals surface area contributed by atoms with Crippen LogP contribution in [-0.2, 0) is 7.05 Å². The van der Waals surface area contributed by atoms with E-state index in [2.05, 4.69) is 136 Å². The highest BCUT2D eigenvalue weighted by molar-refractivity contribution is 7.17. The quantitative estimate of drug-likeness (QED) is 0.157. The Balaban J connectivity index is 0.000000127. The van der Waals surface area contributed by atoms with E-state index in [4.69, 9.17) is 4.42 Å². The van der Waals surface area contributed by atoms with E-state index in [0.29, 0.717) is 0 Å². The largest absolute Gasteiger partial charge is 0.443 e. The molecule has 0 unspecified atom stereocenters. The number of imidazole rings is 1. The van der Waals surface area contributed by atoms with E-state index < -0.39 is 0 Å². The standard InChI is InChI=1S/C11H14N2.C10H11NO.C10H11NS.C9H10N2S/c1-7-5-8(2)10-11(9(7)3)13(4)6-12-10;2*1-6-4-7(2)9-10(8(6)3)12-5-11-9;1-5-4-6(2)8-9(7(5)3)11-12-10-8/h5-6H,1-4H3;2*4-5H,1-3H3;4H,1-3H3. The second-order valence-electron chi connectivity index (χ2n) is 13.1. The molecule has 0 saturated carbocycles. The molecule has 7 nitrogen and oxygen atoms in total. The summed E-state index contributed by atoms with van der Waals surface area (Å²) < 4.78 is 17.2. The Hall–Kier alpha value is -4.47. The number of thiazole rings is 1. The fourth-order valence-electron chi connectivity index (χ4n) is 6.18. The molecular formula is C40H46N6OS2. The number of benzene rings is 4. The summed E-state index contributed by atoms with van der Waals surface area (Å²) in [7, 11) is 2.04. The van der Waals surface area contributed by atoms with E-state index in [1.807, 2.05) is 18.9 Å². The second-order valence-corrected chi connectivity index (χ2v) is 14.5. The number of hydrogen-bond acceptors (Lipinski definition) is 8. The van der Waals surface area contributed by atoms with Crippen molar-refractivity contribution in [2.75, 3.05) is 0 Å². The Morgan fingerprint density at radius 2 is 1.04 bits per heavy atom. The van der Waals surface area contributed by atoms with Crippen LogP contribution in [0.2, 0.25) is 0 Å². The summed E-state index contributed by atoms with van der Waals surface area (Å²) in [6, 6.07) is 8.71. The Morgan fingerprint density at radius 3 is 1.71 bits per heavy atom. The van der Waals surface area contributed by atoms with Gasteiger partial charge in [-0.15, -0.1) is 11.3 Å². The van der Waals surface area contributed by atoms with Gasteiger partial charge in [0.15, 0.2) is 12.0 Å². The first-order valence-corrected chi connectivity index (χ1v) is 18.0. The normalized spacial score (nSPS) is 11.0. The molecule has 49 heavy (non-hydrogen) atoms. The zero-order valence-corrected chi connectivity index (χ0v) is 32.6. The van der Waals surface area contributed by atoms with Crippen molar-refractivity contribution in [2.45, 2.75) is 83.1 Å². The summed E-state index contributed by atoms with van der Waals surface area (Å²) in [5.74, 6) is 0. The van der Waals surface area contributed by atoms with E-state index in [0.717, 1.165) is 27.6 Å². The maximum Gasteiger partial charge on any atom is 0.182 e. The highest BCUT2D eigenvalue weighted by Gasteiger charge is 2.10. The van der Waals surface area contributed by atoms with Gasteiger partial charge in [0.25, 0.3) is 0 Å². The van der Waals surface area contributed by atoms with Crippen LogP contribution in [-0.4, -0.2) is 28.3 Å². The van der Waals surface area contributed by atoms with Crippen molar-refractivity contribution in [3.63, 3.8) is 0 Å². The summed E-state index contributed by atoms with van der Waals surface area (Å²) in [6.07, 6.45) is 3.38. The average molecular weight is 691 g/mol. The van der Waals surface area contributed by atoms with Crippen LogP contribution in [0.15, 0.2) is 46.9 Å². The first-order chi connectivity index (χ1) is 23.2. The average Bonchev–Trinajstić information content (AvgIpc) is 3.88. The van der Waals surface area contributed by atoms with Crippen LogP contribution in [0.1, 0.15) is 66.8 Å². The first-order valence-electron chi connectivity index (χ1n) is 16.4. The van der Waals surface area contributed by atoms with Crippen LogP contribution >= 0.6 is 23.1 Å². The fraction of sp³-hybridized carbons (Fsp3) is 0.325. The van der Waals surface area contributed by atoms with Crippen molar-refractivity contribution in [3.8, 4) is 0 Å². The Morgan fingerprint density at radius 1 is 0.510 bits per heavy atom.